The van der Waals surface area contributed by atoms with Crippen molar-refractivity contribution in [3.8, 4) is 0 Å². The lowest BCUT2D eigenvalue weighted by atomic mass is 10.1. The minimum atomic E-state index is -4.85. The van der Waals surface area contributed by atoms with Crippen molar-refractivity contribution in [3.05, 3.63) is 11.3 Å². The number of halogens is 3. The standard InChI is InChI=1S/C10H12F3N3O3/c11-10(12,13)7-6(9(17)18)8(14)16(15-7)5-1-3-19-4-2-5/h5H,1-4,14H2,(H,17,18). The molecule has 0 aromatic carbocycles. The van der Waals surface area contributed by atoms with E-state index in [1.807, 2.05) is 0 Å². The van der Waals surface area contributed by atoms with Gasteiger partial charge in [-0.1, -0.05) is 0 Å². The number of alkyl halides is 3. The second-order valence-electron chi connectivity index (χ2n) is 4.20. The Morgan fingerprint density at radius 2 is 2.00 bits per heavy atom. The third kappa shape index (κ3) is 2.50. The minimum Gasteiger partial charge on any atom is -0.477 e. The van der Waals surface area contributed by atoms with Gasteiger partial charge >= 0.3 is 12.1 Å². The van der Waals surface area contributed by atoms with Crippen LogP contribution in [0.2, 0.25) is 0 Å². The summed E-state index contributed by atoms with van der Waals surface area (Å²) in [5.41, 5.74) is 3.07. The normalized spacial score (nSPS) is 17.6. The van der Waals surface area contributed by atoms with E-state index in [0.717, 1.165) is 4.68 Å². The van der Waals surface area contributed by atoms with Crippen LogP contribution in [-0.2, 0) is 10.9 Å². The molecule has 0 saturated carbocycles. The summed E-state index contributed by atoms with van der Waals surface area (Å²) >= 11 is 0. The van der Waals surface area contributed by atoms with Crippen molar-refractivity contribution in [1.82, 2.24) is 9.78 Å². The molecule has 6 nitrogen and oxygen atoms in total. The third-order valence-corrected chi connectivity index (χ3v) is 2.97. The van der Waals surface area contributed by atoms with Crippen LogP contribution in [0.15, 0.2) is 0 Å². The molecule has 0 unspecified atom stereocenters. The van der Waals surface area contributed by atoms with Crippen LogP contribution in [0.5, 0.6) is 0 Å². The Labute approximate surface area is 105 Å². The molecule has 0 radical (unpaired) electrons. The van der Waals surface area contributed by atoms with E-state index < -0.39 is 29.2 Å². The molecule has 0 bridgehead atoms. The number of nitrogens with two attached hydrogens (primary N) is 1. The fourth-order valence-electron chi connectivity index (χ4n) is 2.06. The zero-order chi connectivity index (χ0) is 14.2. The van der Waals surface area contributed by atoms with E-state index in [1.54, 1.807) is 0 Å². The smallest absolute Gasteiger partial charge is 0.436 e. The Balaban J connectivity index is 2.48. The van der Waals surface area contributed by atoms with Crippen LogP contribution >= 0.6 is 0 Å². The van der Waals surface area contributed by atoms with E-state index in [2.05, 4.69) is 5.10 Å². The number of nitrogen functional groups attached to an aromatic ring is 1. The summed E-state index contributed by atoms with van der Waals surface area (Å²) in [5.74, 6) is -2.20. The number of nitrogens with zero attached hydrogens (tertiary/aromatic N) is 2. The van der Waals surface area contributed by atoms with Crippen LogP contribution in [-0.4, -0.2) is 34.1 Å². The van der Waals surface area contributed by atoms with Crippen LogP contribution < -0.4 is 5.73 Å². The third-order valence-electron chi connectivity index (χ3n) is 2.97. The molecule has 3 N–H and O–H groups in total. The molecule has 1 fully saturated rings. The molecular formula is C10H12F3N3O3. The zero-order valence-electron chi connectivity index (χ0n) is 9.78. The van der Waals surface area contributed by atoms with E-state index >= 15 is 0 Å². The lowest BCUT2D eigenvalue weighted by molar-refractivity contribution is -0.142. The van der Waals surface area contributed by atoms with Gasteiger partial charge in [-0.3, -0.25) is 0 Å². The van der Waals surface area contributed by atoms with E-state index in [4.69, 9.17) is 15.6 Å². The Morgan fingerprint density at radius 1 is 1.42 bits per heavy atom. The lowest BCUT2D eigenvalue weighted by Gasteiger charge is -2.23. The van der Waals surface area contributed by atoms with Crippen LogP contribution in [0.25, 0.3) is 0 Å². The fourth-order valence-corrected chi connectivity index (χ4v) is 2.06. The van der Waals surface area contributed by atoms with Crippen molar-refractivity contribution in [1.29, 1.82) is 0 Å². The SMILES string of the molecule is Nc1c(C(=O)O)c(C(F)(F)F)nn1C1CCOCC1. The number of aromatic carboxylic acids is 1. The first-order chi connectivity index (χ1) is 8.82. The van der Waals surface area contributed by atoms with Crippen LogP contribution in [0.1, 0.15) is 34.9 Å². The van der Waals surface area contributed by atoms with Gasteiger partial charge in [-0.05, 0) is 12.8 Å². The zero-order valence-corrected chi connectivity index (χ0v) is 9.78. The van der Waals surface area contributed by atoms with Gasteiger partial charge in [0.15, 0.2) is 5.69 Å². The van der Waals surface area contributed by atoms with Gasteiger partial charge in [0, 0.05) is 13.2 Å². The maximum Gasteiger partial charge on any atom is 0.436 e. The molecule has 106 valence electrons. The fraction of sp³-hybridized carbons (Fsp3) is 0.600. The molecule has 1 aromatic rings. The molecule has 0 amide bonds. The largest absolute Gasteiger partial charge is 0.477 e. The highest BCUT2D eigenvalue weighted by atomic mass is 19.4. The van der Waals surface area contributed by atoms with Crippen molar-refractivity contribution in [3.63, 3.8) is 0 Å². The highest BCUT2D eigenvalue weighted by Gasteiger charge is 2.42. The van der Waals surface area contributed by atoms with Gasteiger partial charge in [0.25, 0.3) is 0 Å². The lowest BCUT2D eigenvalue weighted by Crippen LogP contribution is -2.22. The number of aromatic nitrogens is 2. The number of rotatable bonds is 2. The summed E-state index contributed by atoms with van der Waals surface area (Å²) in [4.78, 5) is 10.9. The Morgan fingerprint density at radius 3 is 2.42 bits per heavy atom. The molecule has 2 rings (SSSR count). The van der Waals surface area contributed by atoms with Crippen LogP contribution in [0, 0.1) is 0 Å². The number of anilines is 1. The van der Waals surface area contributed by atoms with E-state index in [9.17, 15) is 18.0 Å². The van der Waals surface area contributed by atoms with Crippen molar-refractivity contribution < 1.29 is 27.8 Å². The Hall–Kier alpha value is -1.77. The molecule has 19 heavy (non-hydrogen) atoms. The summed E-state index contributed by atoms with van der Waals surface area (Å²) in [7, 11) is 0. The first-order valence-corrected chi connectivity index (χ1v) is 5.58. The average Bonchev–Trinajstić information content (AvgIpc) is 2.68. The van der Waals surface area contributed by atoms with Gasteiger partial charge in [-0.25, -0.2) is 9.48 Å². The second kappa shape index (κ2) is 4.72. The summed E-state index contributed by atoms with van der Waals surface area (Å²) in [6.45, 7) is 0.765. The molecule has 0 spiro atoms. The Kier molecular flexibility index (Phi) is 3.40. The number of ether oxygens (including phenoxy) is 1. The number of carboxylic acids is 1. The summed E-state index contributed by atoms with van der Waals surface area (Å²) in [6.07, 6.45) is -3.96. The summed E-state index contributed by atoms with van der Waals surface area (Å²) in [5, 5.41) is 12.2. The van der Waals surface area contributed by atoms with Crippen LogP contribution in [0.3, 0.4) is 0 Å². The molecule has 0 atom stereocenters. The average molecular weight is 279 g/mol. The van der Waals surface area contributed by atoms with E-state index in [0.29, 0.717) is 26.1 Å². The van der Waals surface area contributed by atoms with Gasteiger partial charge in [0.2, 0.25) is 0 Å². The van der Waals surface area contributed by atoms with Crippen molar-refractivity contribution in [2.45, 2.75) is 25.1 Å². The molecule has 2 heterocycles. The molecule has 9 heteroatoms. The van der Waals surface area contributed by atoms with Gasteiger partial charge < -0.3 is 15.6 Å². The second-order valence-corrected chi connectivity index (χ2v) is 4.20. The summed E-state index contributed by atoms with van der Waals surface area (Å²) in [6, 6.07) is -0.372. The number of carbonyl (C=O) groups is 1. The predicted octanol–water partition coefficient (Wildman–Crippen LogP) is 1.53. The molecule has 1 aliphatic rings. The quantitative estimate of drug-likeness (QED) is 0.856. The van der Waals surface area contributed by atoms with Gasteiger partial charge in [0.1, 0.15) is 11.4 Å². The van der Waals surface area contributed by atoms with Crippen molar-refractivity contribution in [2.75, 3.05) is 18.9 Å². The van der Waals surface area contributed by atoms with Gasteiger partial charge in [-0.15, -0.1) is 0 Å². The van der Waals surface area contributed by atoms with Gasteiger partial charge in [0.05, 0.1) is 6.04 Å². The molecule has 1 aromatic heterocycles. The number of hydrogen-bond donors (Lipinski definition) is 2. The molecule has 0 aliphatic carbocycles. The Bertz CT molecular complexity index is 492. The molecule has 1 saturated heterocycles. The highest BCUT2D eigenvalue weighted by molar-refractivity contribution is 5.94. The topological polar surface area (TPSA) is 90.4 Å². The van der Waals surface area contributed by atoms with Gasteiger partial charge in [-0.2, -0.15) is 18.3 Å². The maximum atomic E-state index is 12.7. The van der Waals surface area contributed by atoms with Crippen LogP contribution in [0.4, 0.5) is 19.0 Å². The minimum absolute atomic E-state index is 0.372. The van der Waals surface area contributed by atoms with E-state index in [1.165, 1.54) is 0 Å². The molecular weight excluding hydrogens is 267 g/mol. The van der Waals surface area contributed by atoms with E-state index in [-0.39, 0.29) is 6.04 Å². The molecule has 1 aliphatic heterocycles. The monoisotopic (exact) mass is 279 g/mol. The van der Waals surface area contributed by atoms with Crippen molar-refractivity contribution >= 4 is 11.8 Å². The first-order valence-electron chi connectivity index (χ1n) is 5.58. The predicted molar refractivity (Wildman–Crippen MR) is 57.7 cm³/mol. The number of carboxylic acid groups (broad SMARTS) is 1. The number of hydrogen-bond acceptors (Lipinski definition) is 4. The maximum absolute atomic E-state index is 12.7. The highest BCUT2D eigenvalue weighted by Crippen LogP contribution is 2.36. The first kappa shape index (κ1) is 13.7. The van der Waals surface area contributed by atoms with Crippen molar-refractivity contribution in [2.24, 2.45) is 0 Å². The summed E-state index contributed by atoms with van der Waals surface area (Å²) < 4.78 is 44.3.